The molecule has 0 aromatic carbocycles. The van der Waals surface area contributed by atoms with Crippen molar-refractivity contribution >= 4 is 35.0 Å². The Hall–Kier alpha value is -4.35. The van der Waals surface area contributed by atoms with Gasteiger partial charge in [0.2, 0.25) is 0 Å². The molecular weight excluding hydrogens is 408 g/mol. The second-order valence-corrected chi connectivity index (χ2v) is 6.80. The average Bonchev–Trinajstić information content (AvgIpc) is 3.37. The van der Waals surface area contributed by atoms with Crippen LogP contribution in [0.4, 0.5) is 17.2 Å². The molecule has 31 heavy (non-hydrogen) atoms. The standard InChI is InChI=1S/C19H20N6O6/c1-22-9-12(20-17(26)11-5-16(25(29)30)24(3)8-11)6-14(22)18(27)21-13-7-15(19(28)31-4)23(2)10-13/h5-10H,1-4H3,(H,20,26)(H,21,27). The number of rotatable bonds is 6. The first-order chi connectivity index (χ1) is 14.6. The first-order valence-electron chi connectivity index (χ1n) is 8.95. The van der Waals surface area contributed by atoms with Crippen molar-refractivity contribution in [3.05, 3.63) is 63.9 Å². The third kappa shape index (κ3) is 4.32. The van der Waals surface area contributed by atoms with Crippen molar-refractivity contribution in [2.24, 2.45) is 21.1 Å². The molecule has 2 N–H and O–H groups in total. The number of nitrogens with one attached hydrogen (secondary N) is 2. The Morgan fingerprint density at radius 2 is 1.42 bits per heavy atom. The number of hydrogen-bond donors (Lipinski definition) is 2. The highest BCUT2D eigenvalue weighted by Gasteiger charge is 2.20. The molecule has 0 spiro atoms. The summed E-state index contributed by atoms with van der Waals surface area (Å²) in [7, 11) is 6.00. The molecule has 3 rings (SSSR count). The molecule has 0 aliphatic carbocycles. The summed E-state index contributed by atoms with van der Waals surface area (Å²) in [6.45, 7) is 0. The van der Waals surface area contributed by atoms with E-state index in [9.17, 15) is 24.5 Å². The van der Waals surface area contributed by atoms with Crippen LogP contribution < -0.4 is 10.6 Å². The fourth-order valence-electron chi connectivity index (χ4n) is 3.06. The van der Waals surface area contributed by atoms with Crippen molar-refractivity contribution < 1.29 is 24.0 Å². The molecule has 0 saturated heterocycles. The molecule has 12 nitrogen and oxygen atoms in total. The number of hydrogen-bond acceptors (Lipinski definition) is 6. The summed E-state index contributed by atoms with van der Waals surface area (Å²) in [6, 6.07) is 4.12. The zero-order valence-electron chi connectivity index (χ0n) is 17.2. The highest BCUT2D eigenvalue weighted by molar-refractivity contribution is 6.07. The van der Waals surface area contributed by atoms with Gasteiger partial charge in [0, 0.05) is 32.6 Å². The third-order valence-corrected chi connectivity index (χ3v) is 4.58. The molecule has 0 bridgehead atoms. The summed E-state index contributed by atoms with van der Waals surface area (Å²) >= 11 is 0. The number of anilines is 2. The predicted octanol–water partition coefficient (Wildman–Crippen LogP) is 1.90. The number of aromatic nitrogens is 3. The number of ether oxygens (including phenoxy) is 1. The van der Waals surface area contributed by atoms with Crippen LogP contribution in [0.15, 0.2) is 36.8 Å². The number of nitro groups is 1. The smallest absolute Gasteiger partial charge is 0.354 e. The second-order valence-electron chi connectivity index (χ2n) is 6.80. The summed E-state index contributed by atoms with van der Waals surface area (Å²) in [5, 5.41) is 16.2. The van der Waals surface area contributed by atoms with Gasteiger partial charge in [-0.3, -0.25) is 9.59 Å². The molecule has 162 valence electrons. The van der Waals surface area contributed by atoms with Crippen LogP contribution in [0.5, 0.6) is 0 Å². The van der Waals surface area contributed by atoms with E-state index in [1.54, 1.807) is 20.3 Å². The van der Waals surface area contributed by atoms with E-state index < -0.39 is 22.7 Å². The first-order valence-corrected chi connectivity index (χ1v) is 8.95. The van der Waals surface area contributed by atoms with E-state index in [0.29, 0.717) is 11.4 Å². The van der Waals surface area contributed by atoms with E-state index in [4.69, 9.17) is 0 Å². The molecule has 3 aromatic heterocycles. The largest absolute Gasteiger partial charge is 0.464 e. The summed E-state index contributed by atoms with van der Waals surface area (Å²) in [5.41, 5.74) is 1.37. The maximum atomic E-state index is 12.6. The van der Waals surface area contributed by atoms with Crippen LogP contribution in [0, 0.1) is 10.1 Å². The SMILES string of the molecule is COC(=O)c1cc(NC(=O)c2cc(NC(=O)c3cc([N+](=O)[O-])n(C)c3)cn2C)cn1C. The van der Waals surface area contributed by atoms with Crippen molar-refractivity contribution in [1.29, 1.82) is 0 Å². The van der Waals surface area contributed by atoms with Gasteiger partial charge < -0.3 is 34.6 Å². The number of aryl methyl sites for hydroxylation is 3. The summed E-state index contributed by atoms with van der Waals surface area (Å²) in [5.74, 6) is -1.76. The molecule has 3 heterocycles. The minimum atomic E-state index is -0.586. The molecular formula is C19H20N6O6. The van der Waals surface area contributed by atoms with Crippen molar-refractivity contribution in [2.45, 2.75) is 0 Å². The summed E-state index contributed by atoms with van der Waals surface area (Å²) in [4.78, 5) is 47.1. The van der Waals surface area contributed by atoms with Gasteiger partial charge >= 0.3 is 11.8 Å². The van der Waals surface area contributed by atoms with Crippen LogP contribution in [0.25, 0.3) is 0 Å². The molecule has 3 aromatic rings. The molecule has 2 amide bonds. The monoisotopic (exact) mass is 428 g/mol. The van der Waals surface area contributed by atoms with Gasteiger partial charge in [-0.05, 0) is 17.1 Å². The lowest BCUT2D eigenvalue weighted by molar-refractivity contribution is -0.391. The average molecular weight is 428 g/mol. The fraction of sp³-hybridized carbons (Fsp3) is 0.211. The maximum absolute atomic E-state index is 12.6. The van der Waals surface area contributed by atoms with Crippen LogP contribution in [0.2, 0.25) is 0 Å². The first kappa shape index (κ1) is 21.4. The zero-order valence-corrected chi connectivity index (χ0v) is 17.2. The Bertz CT molecular complexity index is 1200. The molecule has 0 saturated carbocycles. The van der Waals surface area contributed by atoms with E-state index in [0.717, 1.165) is 0 Å². The van der Waals surface area contributed by atoms with E-state index in [2.05, 4.69) is 15.4 Å². The zero-order chi connectivity index (χ0) is 22.9. The Kier molecular flexibility index (Phi) is 5.64. The lowest BCUT2D eigenvalue weighted by Gasteiger charge is -2.03. The Labute approximate surface area is 176 Å². The molecule has 0 fully saturated rings. The van der Waals surface area contributed by atoms with E-state index >= 15 is 0 Å². The van der Waals surface area contributed by atoms with Gasteiger partial charge in [0.05, 0.1) is 31.1 Å². The lowest BCUT2D eigenvalue weighted by atomic mass is 10.3. The van der Waals surface area contributed by atoms with Crippen LogP contribution >= 0.6 is 0 Å². The Morgan fingerprint density at radius 3 is 1.97 bits per heavy atom. The topological polar surface area (TPSA) is 142 Å². The van der Waals surface area contributed by atoms with Gasteiger partial charge in [-0.15, -0.1) is 0 Å². The molecule has 0 aliphatic rings. The fourth-order valence-corrected chi connectivity index (χ4v) is 3.06. The highest BCUT2D eigenvalue weighted by Crippen LogP contribution is 2.20. The summed E-state index contributed by atoms with van der Waals surface area (Å²) in [6.07, 6.45) is 4.45. The number of carbonyl (C=O) groups is 3. The number of nitrogens with zero attached hydrogens (tertiary/aromatic N) is 4. The van der Waals surface area contributed by atoms with Crippen molar-refractivity contribution in [1.82, 2.24) is 13.7 Å². The van der Waals surface area contributed by atoms with Gasteiger partial charge in [-0.1, -0.05) is 0 Å². The maximum Gasteiger partial charge on any atom is 0.354 e. The number of methoxy groups -OCH3 is 1. The normalized spacial score (nSPS) is 10.6. The highest BCUT2D eigenvalue weighted by atomic mass is 16.6. The summed E-state index contributed by atoms with van der Waals surface area (Å²) < 4.78 is 8.96. The third-order valence-electron chi connectivity index (χ3n) is 4.58. The Morgan fingerprint density at radius 1 is 0.871 bits per heavy atom. The van der Waals surface area contributed by atoms with Crippen LogP contribution in [-0.2, 0) is 25.9 Å². The minimum absolute atomic E-state index is 0.115. The van der Waals surface area contributed by atoms with E-state index in [1.165, 1.54) is 58.5 Å². The second kappa shape index (κ2) is 8.18. The quantitative estimate of drug-likeness (QED) is 0.349. The Balaban J connectivity index is 1.74. The van der Waals surface area contributed by atoms with E-state index in [1.807, 2.05) is 0 Å². The molecule has 0 aliphatic heterocycles. The van der Waals surface area contributed by atoms with Gasteiger partial charge in [-0.2, -0.15) is 0 Å². The number of carbonyl (C=O) groups excluding carboxylic acids is 3. The van der Waals surface area contributed by atoms with Gasteiger partial charge in [-0.25, -0.2) is 9.36 Å². The van der Waals surface area contributed by atoms with Crippen LogP contribution in [0.1, 0.15) is 31.3 Å². The molecule has 0 radical (unpaired) electrons. The van der Waals surface area contributed by atoms with Crippen molar-refractivity contribution in [3.8, 4) is 0 Å². The molecule has 0 atom stereocenters. The molecule has 0 unspecified atom stereocenters. The van der Waals surface area contributed by atoms with Gasteiger partial charge in [0.1, 0.15) is 17.6 Å². The lowest BCUT2D eigenvalue weighted by Crippen LogP contribution is -2.15. The number of amides is 2. The van der Waals surface area contributed by atoms with Crippen molar-refractivity contribution in [2.75, 3.05) is 17.7 Å². The van der Waals surface area contributed by atoms with Gasteiger partial charge in [0.25, 0.3) is 11.8 Å². The number of esters is 1. The van der Waals surface area contributed by atoms with Crippen LogP contribution in [-0.4, -0.2) is 43.5 Å². The van der Waals surface area contributed by atoms with Crippen LogP contribution in [0.3, 0.4) is 0 Å². The minimum Gasteiger partial charge on any atom is -0.464 e. The predicted molar refractivity (Wildman–Crippen MR) is 110 cm³/mol. The van der Waals surface area contributed by atoms with E-state index in [-0.39, 0.29) is 22.8 Å². The molecule has 12 heteroatoms. The van der Waals surface area contributed by atoms with Crippen molar-refractivity contribution in [3.63, 3.8) is 0 Å². The van der Waals surface area contributed by atoms with Gasteiger partial charge in [0.15, 0.2) is 0 Å².